The molecule has 2 nitrogen and oxygen atoms in total. The topological polar surface area (TPSA) is 18.5 Å². The van der Waals surface area contributed by atoms with Gasteiger partial charge in [0.15, 0.2) is 0 Å². The van der Waals surface area contributed by atoms with E-state index in [1.165, 1.54) is 0 Å². The van der Waals surface area contributed by atoms with E-state index in [0.29, 0.717) is 5.57 Å². The van der Waals surface area contributed by atoms with E-state index in [9.17, 15) is 0 Å². The van der Waals surface area contributed by atoms with Crippen LogP contribution in [0.4, 0.5) is 4.39 Å². The van der Waals surface area contributed by atoms with Crippen LogP contribution in [0.1, 0.15) is 49.9 Å². The van der Waals surface area contributed by atoms with Crippen molar-refractivity contribution in [3.05, 3.63) is 76.5 Å². The molecule has 4 rings (SSSR count). The molecule has 0 bridgehead atoms. The van der Waals surface area contributed by atoms with Crippen molar-refractivity contribution in [2.45, 2.75) is 38.9 Å². The Labute approximate surface area is 154 Å². The Morgan fingerprint density at radius 2 is 1.19 bits per heavy atom. The fourth-order valence-electron chi connectivity index (χ4n) is 3.39. The highest BCUT2D eigenvalue weighted by Gasteiger charge is 2.53. The van der Waals surface area contributed by atoms with Crippen molar-refractivity contribution >= 4 is 24.8 Å². The van der Waals surface area contributed by atoms with Gasteiger partial charge < -0.3 is 9.31 Å². The SMILES string of the molecule is CC1(C)OB(C(F)=C2c3ccccc3C=Cc3ccccc32)OC1(C)C. The molecule has 0 N–H and O–H groups in total. The Hall–Kier alpha value is -2.17. The number of fused-ring (bicyclic) bond motifs is 2. The number of hydrogen-bond donors (Lipinski definition) is 0. The molecule has 1 aliphatic carbocycles. The van der Waals surface area contributed by atoms with Gasteiger partial charge in [-0.05, 0) is 49.9 Å². The van der Waals surface area contributed by atoms with E-state index in [1.807, 2.05) is 88.4 Å². The molecule has 0 spiro atoms. The highest BCUT2D eigenvalue weighted by atomic mass is 19.1. The Balaban J connectivity index is 1.93. The van der Waals surface area contributed by atoms with Crippen LogP contribution in [0, 0.1) is 0 Å². The Bertz CT molecular complexity index is 860. The zero-order valence-corrected chi connectivity index (χ0v) is 15.5. The van der Waals surface area contributed by atoms with E-state index < -0.39 is 18.3 Å². The van der Waals surface area contributed by atoms with Crippen molar-refractivity contribution in [1.29, 1.82) is 0 Å². The van der Waals surface area contributed by atoms with Crippen LogP contribution in [0.15, 0.2) is 54.3 Å². The van der Waals surface area contributed by atoms with Crippen molar-refractivity contribution < 1.29 is 13.7 Å². The molecule has 1 aliphatic heterocycles. The molecular formula is C22H22BFO2. The summed E-state index contributed by atoms with van der Waals surface area (Å²) >= 11 is 0. The second-order valence-corrected chi connectivity index (χ2v) is 7.82. The predicted molar refractivity (Wildman–Crippen MR) is 105 cm³/mol. The summed E-state index contributed by atoms with van der Waals surface area (Å²) in [4.78, 5) is 0. The van der Waals surface area contributed by atoms with Crippen LogP contribution < -0.4 is 0 Å². The molecule has 2 aromatic rings. The van der Waals surface area contributed by atoms with Crippen molar-refractivity contribution in [2.75, 3.05) is 0 Å². The van der Waals surface area contributed by atoms with Crippen LogP contribution >= 0.6 is 0 Å². The minimum atomic E-state index is -1.02. The van der Waals surface area contributed by atoms with Gasteiger partial charge in [0.1, 0.15) is 5.73 Å². The molecule has 0 saturated carbocycles. The van der Waals surface area contributed by atoms with Crippen LogP contribution in [-0.4, -0.2) is 18.3 Å². The van der Waals surface area contributed by atoms with Gasteiger partial charge >= 0.3 is 7.12 Å². The molecule has 2 aliphatic rings. The van der Waals surface area contributed by atoms with E-state index in [0.717, 1.165) is 22.3 Å². The second-order valence-electron chi connectivity index (χ2n) is 7.82. The van der Waals surface area contributed by atoms with Gasteiger partial charge in [-0.1, -0.05) is 60.7 Å². The van der Waals surface area contributed by atoms with E-state index in [2.05, 4.69) is 0 Å². The first-order valence-corrected chi connectivity index (χ1v) is 8.92. The summed E-state index contributed by atoms with van der Waals surface area (Å²) in [7, 11) is -1.02. The smallest absolute Gasteiger partial charge is 0.398 e. The lowest BCUT2D eigenvalue weighted by Crippen LogP contribution is -2.41. The zero-order valence-electron chi connectivity index (χ0n) is 15.5. The fourth-order valence-corrected chi connectivity index (χ4v) is 3.39. The zero-order chi connectivity index (χ0) is 18.5. The van der Waals surface area contributed by atoms with Gasteiger partial charge in [-0.2, -0.15) is 0 Å². The largest absolute Gasteiger partial charge is 0.525 e. The lowest BCUT2D eigenvalue weighted by molar-refractivity contribution is 0.00578. The lowest BCUT2D eigenvalue weighted by Gasteiger charge is -2.32. The average molecular weight is 348 g/mol. The number of halogens is 1. The van der Waals surface area contributed by atoms with Crippen LogP contribution in [-0.2, 0) is 9.31 Å². The van der Waals surface area contributed by atoms with Crippen molar-refractivity contribution in [2.24, 2.45) is 0 Å². The molecule has 0 amide bonds. The first-order valence-electron chi connectivity index (χ1n) is 8.92. The van der Waals surface area contributed by atoms with E-state index in [-0.39, 0.29) is 5.73 Å². The average Bonchev–Trinajstić information content (AvgIpc) is 2.75. The highest BCUT2D eigenvalue weighted by molar-refractivity contribution is 6.55. The predicted octanol–water partition coefficient (Wildman–Crippen LogP) is 5.53. The Morgan fingerprint density at radius 3 is 1.65 bits per heavy atom. The first kappa shape index (κ1) is 17.3. The number of benzene rings is 2. The quantitative estimate of drug-likeness (QED) is 0.538. The third-order valence-corrected chi connectivity index (χ3v) is 5.60. The maximum atomic E-state index is 15.8. The molecule has 0 atom stereocenters. The summed E-state index contributed by atoms with van der Waals surface area (Å²) < 4.78 is 27.8. The highest BCUT2D eigenvalue weighted by Crippen LogP contribution is 2.43. The van der Waals surface area contributed by atoms with Crippen LogP contribution in [0.25, 0.3) is 17.7 Å². The Morgan fingerprint density at radius 1 is 0.769 bits per heavy atom. The maximum Gasteiger partial charge on any atom is 0.525 e. The molecule has 0 unspecified atom stereocenters. The molecule has 26 heavy (non-hydrogen) atoms. The summed E-state index contributed by atoms with van der Waals surface area (Å²) in [5, 5.41) is 0. The summed E-state index contributed by atoms with van der Waals surface area (Å²) in [6, 6.07) is 15.7. The molecule has 132 valence electrons. The van der Waals surface area contributed by atoms with Gasteiger partial charge in [0, 0.05) is 5.57 Å². The summed E-state index contributed by atoms with van der Waals surface area (Å²) in [6.07, 6.45) is 4.05. The lowest BCUT2D eigenvalue weighted by atomic mass is 9.79. The van der Waals surface area contributed by atoms with Gasteiger partial charge in [0.05, 0.1) is 11.2 Å². The van der Waals surface area contributed by atoms with Gasteiger partial charge in [-0.3, -0.25) is 0 Å². The van der Waals surface area contributed by atoms with Crippen molar-refractivity contribution in [1.82, 2.24) is 0 Å². The molecule has 0 aromatic heterocycles. The monoisotopic (exact) mass is 348 g/mol. The maximum absolute atomic E-state index is 15.8. The van der Waals surface area contributed by atoms with E-state index in [4.69, 9.17) is 9.31 Å². The van der Waals surface area contributed by atoms with Crippen LogP contribution in [0.3, 0.4) is 0 Å². The summed E-state index contributed by atoms with van der Waals surface area (Å²) in [5.41, 5.74) is 2.64. The normalized spacial score (nSPS) is 19.7. The summed E-state index contributed by atoms with van der Waals surface area (Å²) in [6.45, 7) is 7.73. The van der Waals surface area contributed by atoms with Crippen molar-refractivity contribution in [3.8, 4) is 0 Å². The molecule has 1 saturated heterocycles. The third-order valence-electron chi connectivity index (χ3n) is 5.60. The summed E-state index contributed by atoms with van der Waals surface area (Å²) in [5.74, 6) is 0. The minimum Gasteiger partial charge on any atom is -0.398 e. The van der Waals surface area contributed by atoms with E-state index >= 15 is 4.39 Å². The van der Waals surface area contributed by atoms with Gasteiger partial charge in [-0.15, -0.1) is 0 Å². The standard InChI is InChI=1S/C22H22BFO2/c1-21(2)22(3,4)26-23(25-21)20(24)19-17-11-7-5-9-15(17)13-14-16-10-6-8-12-18(16)19/h5-14H,1-4H3. The third kappa shape index (κ3) is 2.65. The minimum absolute atomic E-state index is 0.382. The fraction of sp³-hybridized carbons (Fsp3) is 0.273. The van der Waals surface area contributed by atoms with Crippen molar-refractivity contribution in [3.63, 3.8) is 0 Å². The Kier molecular flexibility index (Phi) is 3.94. The van der Waals surface area contributed by atoms with E-state index in [1.54, 1.807) is 0 Å². The second kappa shape index (κ2) is 5.93. The van der Waals surface area contributed by atoms with Crippen LogP contribution in [0.2, 0.25) is 0 Å². The molecule has 1 heterocycles. The molecule has 0 radical (unpaired) electrons. The number of hydrogen-bond acceptors (Lipinski definition) is 2. The first-order chi connectivity index (χ1) is 12.3. The number of rotatable bonds is 1. The van der Waals surface area contributed by atoms with Gasteiger partial charge in [0.2, 0.25) is 0 Å². The molecule has 2 aromatic carbocycles. The molecule has 4 heteroatoms. The van der Waals surface area contributed by atoms with Crippen LogP contribution in [0.5, 0.6) is 0 Å². The van der Waals surface area contributed by atoms with Gasteiger partial charge in [0.25, 0.3) is 0 Å². The molecular weight excluding hydrogens is 326 g/mol. The van der Waals surface area contributed by atoms with Gasteiger partial charge in [-0.25, -0.2) is 4.39 Å². The molecule has 1 fully saturated rings.